The van der Waals surface area contributed by atoms with Gasteiger partial charge in [0.1, 0.15) is 12.4 Å². The third kappa shape index (κ3) is 5.95. The Morgan fingerprint density at radius 2 is 1.75 bits per heavy atom. The number of halogens is 2. The van der Waals surface area contributed by atoms with Crippen molar-refractivity contribution in [2.24, 2.45) is 0 Å². The lowest BCUT2D eigenvalue weighted by Crippen LogP contribution is -2.49. The van der Waals surface area contributed by atoms with E-state index in [9.17, 15) is 9.59 Å². The molecule has 2 aromatic rings. The zero-order valence-corrected chi connectivity index (χ0v) is 17.7. The maximum absolute atomic E-state index is 12.4. The predicted octanol–water partition coefficient (Wildman–Crippen LogP) is 4.24. The second-order valence-electron chi connectivity index (χ2n) is 6.53. The van der Waals surface area contributed by atoms with Crippen molar-refractivity contribution in [3.63, 3.8) is 0 Å². The van der Waals surface area contributed by atoms with Crippen LogP contribution < -0.4 is 4.74 Å². The van der Waals surface area contributed by atoms with Crippen molar-refractivity contribution in [1.29, 1.82) is 0 Å². The Morgan fingerprint density at radius 3 is 2.43 bits per heavy atom. The molecule has 8 heteroatoms. The number of hydrogen-bond acceptors (Lipinski definition) is 5. The lowest BCUT2D eigenvalue weighted by atomic mass is 10.1. The van der Waals surface area contributed by atoms with E-state index in [1.807, 2.05) is 23.1 Å². The van der Waals surface area contributed by atoms with Crippen LogP contribution in [-0.4, -0.2) is 60.8 Å². The van der Waals surface area contributed by atoms with Gasteiger partial charge >= 0.3 is 0 Å². The summed E-state index contributed by atoms with van der Waals surface area (Å²) < 4.78 is 6.31. The Kier molecular flexibility index (Phi) is 7.73. The smallest absolute Gasteiger partial charge is 0.223 e. The minimum atomic E-state index is -0.0272. The predicted molar refractivity (Wildman–Crippen MR) is 113 cm³/mol. The number of nitrogens with zero attached hydrogens (tertiary/aromatic N) is 2. The lowest BCUT2D eigenvalue weighted by molar-refractivity contribution is -0.132. The summed E-state index contributed by atoms with van der Waals surface area (Å²) in [5, 5.41) is 0.609. The monoisotopic (exact) mass is 440 g/mol. The summed E-state index contributed by atoms with van der Waals surface area (Å²) in [7, 11) is 0. The van der Waals surface area contributed by atoms with Crippen LogP contribution in [0.15, 0.2) is 36.4 Å². The zero-order valence-electron chi connectivity index (χ0n) is 15.4. The third-order valence-corrected chi connectivity index (χ3v) is 6.23. The van der Waals surface area contributed by atoms with Crippen LogP contribution in [0.25, 0.3) is 0 Å². The molecule has 3 rings (SSSR count). The number of ether oxygens (including phenoxy) is 1. The Morgan fingerprint density at radius 1 is 1.00 bits per heavy atom. The quantitative estimate of drug-likeness (QED) is 0.575. The van der Waals surface area contributed by atoms with E-state index in [4.69, 9.17) is 27.9 Å². The van der Waals surface area contributed by atoms with E-state index < -0.39 is 0 Å². The molecule has 150 valence electrons. The second kappa shape index (κ2) is 10.3. The molecule has 5 nitrogen and oxygen atoms in total. The van der Waals surface area contributed by atoms with Gasteiger partial charge in [-0.25, -0.2) is 0 Å². The Hall–Kier alpha value is -1.60. The van der Waals surface area contributed by atoms with Gasteiger partial charge in [-0.3, -0.25) is 14.5 Å². The van der Waals surface area contributed by atoms with Gasteiger partial charge in [0, 0.05) is 45.6 Å². The van der Waals surface area contributed by atoms with Gasteiger partial charge in [-0.05, 0) is 24.3 Å². The summed E-state index contributed by atoms with van der Waals surface area (Å²) in [4.78, 5) is 29.2. The number of ketones is 1. The average Bonchev–Trinajstić information content (AvgIpc) is 3.14. The second-order valence-corrected chi connectivity index (χ2v) is 8.65. The summed E-state index contributed by atoms with van der Waals surface area (Å²) in [6.45, 7) is 4.27. The van der Waals surface area contributed by atoms with Gasteiger partial charge in [-0.2, -0.15) is 0 Å². The maximum atomic E-state index is 12.4. The van der Waals surface area contributed by atoms with Gasteiger partial charge in [-0.1, -0.05) is 35.3 Å². The SMILES string of the molecule is O=C(CCC(=O)N1CCN(CCOc2ccccc2Cl)CC1)c1ccc(Cl)s1. The normalized spacial score (nSPS) is 14.9. The molecule has 1 fully saturated rings. The summed E-state index contributed by atoms with van der Waals surface area (Å²) in [5.74, 6) is 0.693. The number of piperazine rings is 1. The molecule has 2 heterocycles. The molecule has 1 amide bonds. The number of thiophene rings is 1. The largest absolute Gasteiger partial charge is 0.491 e. The van der Waals surface area contributed by atoms with E-state index in [-0.39, 0.29) is 24.5 Å². The maximum Gasteiger partial charge on any atom is 0.223 e. The Bertz CT molecular complexity index is 819. The molecule has 0 saturated carbocycles. The summed E-state index contributed by atoms with van der Waals surface area (Å²) in [6.07, 6.45) is 0.464. The van der Waals surface area contributed by atoms with Crippen molar-refractivity contribution in [3.8, 4) is 5.75 Å². The van der Waals surface area contributed by atoms with E-state index in [0.717, 1.165) is 19.6 Å². The first-order valence-electron chi connectivity index (χ1n) is 9.19. The van der Waals surface area contributed by atoms with Crippen molar-refractivity contribution < 1.29 is 14.3 Å². The molecule has 0 N–H and O–H groups in total. The number of rotatable bonds is 8. The first-order chi connectivity index (χ1) is 13.5. The summed E-state index contributed by atoms with van der Waals surface area (Å²) in [5.41, 5.74) is 0. The highest BCUT2D eigenvalue weighted by atomic mass is 35.5. The van der Waals surface area contributed by atoms with Gasteiger partial charge in [0.15, 0.2) is 5.78 Å². The van der Waals surface area contributed by atoms with Crippen LogP contribution >= 0.6 is 34.5 Å². The molecule has 0 spiro atoms. The minimum absolute atomic E-state index is 0.0272. The van der Waals surface area contributed by atoms with Crippen LogP contribution in [0.3, 0.4) is 0 Å². The van der Waals surface area contributed by atoms with Crippen molar-refractivity contribution in [3.05, 3.63) is 50.6 Å². The molecule has 0 unspecified atom stereocenters. The van der Waals surface area contributed by atoms with E-state index >= 15 is 0 Å². The first-order valence-corrected chi connectivity index (χ1v) is 10.8. The van der Waals surface area contributed by atoms with Crippen LogP contribution in [-0.2, 0) is 4.79 Å². The molecule has 1 aromatic carbocycles. The third-order valence-electron chi connectivity index (χ3n) is 4.64. The molecular formula is C20H22Cl2N2O3S. The van der Waals surface area contributed by atoms with Gasteiger partial charge in [0.25, 0.3) is 0 Å². The van der Waals surface area contributed by atoms with Crippen molar-refractivity contribution in [1.82, 2.24) is 9.80 Å². The fourth-order valence-electron chi connectivity index (χ4n) is 3.03. The molecule has 28 heavy (non-hydrogen) atoms. The van der Waals surface area contributed by atoms with Gasteiger partial charge < -0.3 is 9.64 Å². The molecule has 0 aliphatic carbocycles. The first kappa shape index (κ1) is 21.1. The number of benzene rings is 1. The molecule has 1 saturated heterocycles. The summed E-state index contributed by atoms with van der Waals surface area (Å²) >= 11 is 13.2. The number of Topliss-reactive ketones (excluding diaryl/α,β-unsaturated/α-hetero) is 1. The van der Waals surface area contributed by atoms with Crippen LogP contribution in [0.2, 0.25) is 9.36 Å². The molecule has 0 atom stereocenters. The number of carbonyl (C=O) groups excluding carboxylic acids is 2. The van der Waals surface area contributed by atoms with Crippen LogP contribution in [0.4, 0.5) is 0 Å². The van der Waals surface area contributed by atoms with Crippen molar-refractivity contribution in [2.45, 2.75) is 12.8 Å². The standard InChI is InChI=1S/C20H22Cl2N2O3S/c21-15-3-1-2-4-17(15)27-14-13-23-9-11-24(12-10-23)20(26)8-5-16(25)18-6-7-19(22)28-18/h1-4,6-7H,5,8-14H2. The molecule has 1 aromatic heterocycles. The van der Waals surface area contributed by atoms with E-state index in [1.165, 1.54) is 11.3 Å². The van der Waals surface area contributed by atoms with Crippen LogP contribution in [0, 0.1) is 0 Å². The molecular weight excluding hydrogens is 419 g/mol. The van der Waals surface area contributed by atoms with E-state index in [1.54, 1.807) is 18.2 Å². The van der Waals surface area contributed by atoms with E-state index in [2.05, 4.69) is 4.90 Å². The average molecular weight is 441 g/mol. The highest BCUT2D eigenvalue weighted by molar-refractivity contribution is 7.18. The zero-order chi connectivity index (χ0) is 19.9. The Labute approximate surface area is 178 Å². The fourth-order valence-corrected chi connectivity index (χ4v) is 4.23. The van der Waals surface area contributed by atoms with E-state index in [0.29, 0.717) is 39.7 Å². The van der Waals surface area contributed by atoms with Crippen LogP contribution in [0.5, 0.6) is 5.75 Å². The molecule has 1 aliphatic heterocycles. The molecule has 0 radical (unpaired) electrons. The van der Waals surface area contributed by atoms with Crippen molar-refractivity contribution >= 4 is 46.2 Å². The van der Waals surface area contributed by atoms with Gasteiger partial charge in [-0.15, -0.1) is 11.3 Å². The fraction of sp³-hybridized carbons (Fsp3) is 0.400. The molecule has 1 aliphatic rings. The van der Waals surface area contributed by atoms with Gasteiger partial charge in [0.05, 0.1) is 14.2 Å². The topological polar surface area (TPSA) is 49.9 Å². The molecule has 0 bridgehead atoms. The number of hydrogen-bond donors (Lipinski definition) is 0. The highest BCUT2D eigenvalue weighted by Gasteiger charge is 2.22. The van der Waals surface area contributed by atoms with Crippen molar-refractivity contribution in [2.75, 3.05) is 39.3 Å². The van der Waals surface area contributed by atoms with Crippen LogP contribution in [0.1, 0.15) is 22.5 Å². The highest BCUT2D eigenvalue weighted by Crippen LogP contribution is 2.24. The number of carbonyl (C=O) groups is 2. The summed E-state index contributed by atoms with van der Waals surface area (Å²) in [6, 6.07) is 10.8. The number of amides is 1. The Balaban J connectivity index is 1.34. The van der Waals surface area contributed by atoms with Gasteiger partial charge in [0.2, 0.25) is 5.91 Å². The minimum Gasteiger partial charge on any atom is -0.491 e. The lowest BCUT2D eigenvalue weighted by Gasteiger charge is -2.34. The number of para-hydroxylation sites is 1.